The van der Waals surface area contributed by atoms with E-state index in [1.165, 1.54) is 47.9 Å². The highest BCUT2D eigenvalue weighted by molar-refractivity contribution is 5.57. The SMILES string of the molecule is CCCC(CCC)C(C)/C(C)=C/c1cc(C)ccc1C. The molecule has 0 aromatic heterocycles. The molecular weight excluding hydrogens is 240 g/mol. The molecule has 0 nitrogen and oxygen atoms in total. The summed E-state index contributed by atoms with van der Waals surface area (Å²) in [5.74, 6) is 1.53. The van der Waals surface area contributed by atoms with E-state index in [0.29, 0.717) is 5.92 Å². The zero-order valence-corrected chi connectivity index (χ0v) is 14.3. The van der Waals surface area contributed by atoms with Gasteiger partial charge in [-0.2, -0.15) is 0 Å². The van der Waals surface area contributed by atoms with Crippen LogP contribution in [0.15, 0.2) is 23.8 Å². The van der Waals surface area contributed by atoms with Crippen LogP contribution in [0.2, 0.25) is 0 Å². The fraction of sp³-hybridized carbons (Fsp3) is 0.600. The van der Waals surface area contributed by atoms with Gasteiger partial charge >= 0.3 is 0 Å². The van der Waals surface area contributed by atoms with Gasteiger partial charge in [0.15, 0.2) is 0 Å². The summed E-state index contributed by atoms with van der Waals surface area (Å²) in [6.45, 7) is 13.7. The molecule has 20 heavy (non-hydrogen) atoms. The quantitative estimate of drug-likeness (QED) is 0.527. The topological polar surface area (TPSA) is 0 Å². The summed E-state index contributed by atoms with van der Waals surface area (Å²) in [5, 5.41) is 0. The zero-order valence-electron chi connectivity index (χ0n) is 14.3. The van der Waals surface area contributed by atoms with Gasteiger partial charge in [-0.25, -0.2) is 0 Å². The molecule has 0 aliphatic carbocycles. The number of benzene rings is 1. The molecule has 0 bridgehead atoms. The normalized spacial score (nSPS) is 13.8. The van der Waals surface area contributed by atoms with Crippen molar-refractivity contribution in [2.75, 3.05) is 0 Å². The standard InChI is InChI=1S/C20H32/c1-7-9-19(10-8-2)18(6)17(5)14-20-13-15(3)11-12-16(20)4/h11-14,18-19H,7-10H2,1-6H3/b17-14+. The molecule has 1 unspecified atom stereocenters. The Kier molecular flexibility index (Phi) is 7.05. The largest absolute Gasteiger partial charge is 0.0696 e. The molecule has 0 saturated carbocycles. The zero-order chi connectivity index (χ0) is 15.1. The van der Waals surface area contributed by atoms with Crippen molar-refractivity contribution in [3.8, 4) is 0 Å². The molecule has 1 aromatic carbocycles. The summed E-state index contributed by atoms with van der Waals surface area (Å²) in [6.07, 6.45) is 7.71. The molecule has 0 saturated heterocycles. The fourth-order valence-electron chi connectivity index (χ4n) is 3.05. The summed E-state index contributed by atoms with van der Waals surface area (Å²) in [5.41, 5.74) is 5.65. The van der Waals surface area contributed by atoms with Crippen LogP contribution in [0.5, 0.6) is 0 Å². The molecule has 0 radical (unpaired) electrons. The van der Waals surface area contributed by atoms with E-state index in [9.17, 15) is 0 Å². The lowest BCUT2D eigenvalue weighted by Gasteiger charge is -2.24. The van der Waals surface area contributed by atoms with Gasteiger partial charge in [-0.15, -0.1) is 0 Å². The summed E-state index contributed by atoms with van der Waals surface area (Å²) in [7, 11) is 0. The Bertz CT molecular complexity index is 433. The summed E-state index contributed by atoms with van der Waals surface area (Å²) in [4.78, 5) is 0. The van der Waals surface area contributed by atoms with Crippen LogP contribution in [-0.2, 0) is 0 Å². The first kappa shape index (κ1) is 17.0. The maximum atomic E-state index is 2.41. The van der Waals surface area contributed by atoms with E-state index in [1.807, 2.05) is 0 Å². The highest BCUT2D eigenvalue weighted by atomic mass is 14.2. The summed E-state index contributed by atoms with van der Waals surface area (Å²) < 4.78 is 0. The average molecular weight is 272 g/mol. The minimum atomic E-state index is 0.690. The third-order valence-corrected chi connectivity index (χ3v) is 4.56. The van der Waals surface area contributed by atoms with E-state index in [4.69, 9.17) is 0 Å². The van der Waals surface area contributed by atoms with E-state index in [1.54, 1.807) is 0 Å². The first-order chi connectivity index (χ1) is 9.49. The molecule has 1 aromatic rings. The Morgan fingerprint density at radius 3 is 2.25 bits per heavy atom. The first-order valence-corrected chi connectivity index (χ1v) is 8.25. The van der Waals surface area contributed by atoms with Crippen molar-refractivity contribution < 1.29 is 0 Å². The molecule has 0 aliphatic heterocycles. The Morgan fingerprint density at radius 2 is 1.70 bits per heavy atom. The molecule has 112 valence electrons. The third kappa shape index (κ3) is 4.81. The van der Waals surface area contributed by atoms with E-state index < -0.39 is 0 Å². The molecule has 0 spiro atoms. The van der Waals surface area contributed by atoms with Crippen molar-refractivity contribution in [1.29, 1.82) is 0 Å². The van der Waals surface area contributed by atoms with E-state index in [2.05, 4.69) is 65.8 Å². The number of aryl methyl sites for hydroxylation is 2. The van der Waals surface area contributed by atoms with Gasteiger partial charge in [-0.3, -0.25) is 0 Å². The first-order valence-electron chi connectivity index (χ1n) is 8.25. The molecule has 1 rings (SSSR count). The Morgan fingerprint density at radius 1 is 1.10 bits per heavy atom. The highest BCUT2D eigenvalue weighted by Crippen LogP contribution is 2.30. The van der Waals surface area contributed by atoms with E-state index in [0.717, 1.165) is 5.92 Å². The smallest absolute Gasteiger partial charge is 0.0203 e. The van der Waals surface area contributed by atoms with Crippen LogP contribution in [-0.4, -0.2) is 0 Å². The Balaban J connectivity index is 2.93. The van der Waals surface area contributed by atoms with Crippen LogP contribution < -0.4 is 0 Å². The molecule has 0 amide bonds. The van der Waals surface area contributed by atoms with Gasteiger partial charge in [-0.05, 0) is 43.7 Å². The predicted molar refractivity (Wildman–Crippen MR) is 92.0 cm³/mol. The Hall–Kier alpha value is -1.04. The van der Waals surface area contributed by atoms with Crippen LogP contribution in [0.3, 0.4) is 0 Å². The van der Waals surface area contributed by atoms with Crippen LogP contribution in [0.1, 0.15) is 70.1 Å². The van der Waals surface area contributed by atoms with Crippen molar-refractivity contribution in [1.82, 2.24) is 0 Å². The van der Waals surface area contributed by atoms with Crippen molar-refractivity contribution in [2.45, 2.75) is 67.2 Å². The minimum absolute atomic E-state index is 0.690. The average Bonchev–Trinajstić information content (AvgIpc) is 2.41. The molecule has 0 heteroatoms. The van der Waals surface area contributed by atoms with Crippen molar-refractivity contribution in [3.63, 3.8) is 0 Å². The highest BCUT2D eigenvalue weighted by Gasteiger charge is 2.17. The fourth-order valence-corrected chi connectivity index (χ4v) is 3.05. The Labute approximate surface area is 126 Å². The van der Waals surface area contributed by atoms with Gasteiger partial charge in [0, 0.05) is 0 Å². The molecule has 1 atom stereocenters. The van der Waals surface area contributed by atoms with Crippen molar-refractivity contribution >= 4 is 6.08 Å². The minimum Gasteiger partial charge on any atom is -0.0696 e. The van der Waals surface area contributed by atoms with Gasteiger partial charge < -0.3 is 0 Å². The van der Waals surface area contributed by atoms with Crippen LogP contribution >= 0.6 is 0 Å². The van der Waals surface area contributed by atoms with Crippen molar-refractivity contribution in [3.05, 3.63) is 40.5 Å². The van der Waals surface area contributed by atoms with E-state index in [-0.39, 0.29) is 0 Å². The monoisotopic (exact) mass is 272 g/mol. The van der Waals surface area contributed by atoms with Gasteiger partial charge in [-0.1, -0.05) is 81.9 Å². The molecule has 0 heterocycles. The summed E-state index contributed by atoms with van der Waals surface area (Å²) >= 11 is 0. The second-order valence-electron chi connectivity index (χ2n) is 6.37. The maximum Gasteiger partial charge on any atom is -0.0203 e. The van der Waals surface area contributed by atoms with E-state index >= 15 is 0 Å². The van der Waals surface area contributed by atoms with Gasteiger partial charge in [0.2, 0.25) is 0 Å². The van der Waals surface area contributed by atoms with Crippen LogP contribution in [0, 0.1) is 25.7 Å². The van der Waals surface area contributed by atoms with Crippen LogP contribution in [0.25, 0.3) is 6.08 Å². The lowest BCUT2D eigenvalue weighted by atomic mass is 9.81. The molecule has 0 N–H and O–H groups in total. The van der Waals surface area contributed by atoms with Gasteiger partial charge in [0.25, 0.3) is 0 Å². The lowest BCUT2D eigenvalue weighted by Crippen LogP contribution is -2.12. The third-order valence-electron chi connectivity index (χ3n) is 4.56. The lowest BCUT2D eigenvalue weighted by molar-refractivity contribution is 0.347. The predicted octanol–water partition coefficient (Wildman–Crippen LogP) is 6.56. The van der Waals surface area contributed by atoms with Gasteiger partial charge in [0.05, 0.1) is 0 Å². The number of hydrogen-bond donors (Lipinski definition) is 0. The maximum absolute atomic E-state index is 2.41. The number of allylic oxidation sites excluding steroid dienone is 1. The van der Waals surface area contributed by atoms with Crippen molar-refractivity contribution in [2.24, 2.45) is 11.8 Å². The number of hydrogen-bond acceptors (Lipinski definition) is 0. The molecule has 0 aliphatic rings. The van der Waals surface area contributed by atoms with Crippen LogP contribution in [0.4, 0.5) is 0 Å². The molecule has 0 fully saturated rings. The number of rotatable bonds is 7. The molecular formula is C20H32. The second kappa shape index (κ2) is 8.29. The van der Waals surface area contributed by atoms with Gasteiger partial charge in [0.1, 0.15) is 0 Å². The second-order valence-corrected chi connectivity index (χ2v) is 6.37. The summed E-state index contributed by atoms with van der Waals surface area (Å²) in [6, 6.07) is 6.73.